The summed E-state index contributed by atoms with van der Waals surface area (Å²) in [5.74, 6) is 1.49. The maximum absolute atomic E-state index is 12.9. The molecule has 2 aromatic rings. The SMILES string of the molecule is COc1ccc(NC(=O)C2(c3cc(C)on3)CCCC2)cc1. The molecule has 22 heavy (non-hydrogen) atoms. The summed E-state index contributed by atoms with van der Waals surface area (Å²) in [7, 11) is 1.62. The Hall–Kier alpha value is -2.30. The Bertz CT molecular complexity index is 655. The number of hydrogen-bond acceptors (Lipinski definition) is 4. The number of aromatic nitrogens is 1. The van der Waals surface area contributed by atoms with Gasteiger partial charge in [-0.1, -0.05) is 18.0 Å². The van der Waals surface area contributed by atoms with Gasteiger partial charge in [-0.25, -0.2) is 0 Å². The summed E-state index contributed by atoms with van der Waals surface area (Å²) < 4.78 is 10.3. The van der Waals surface area contributed by atoms with Gasteiger partial charge in [-0.3, -0.25) is 4.79 Å². The first-order chi connectivity index (χ1) is 10.6. The largest absolute Gasteiger partial charge is 0.497 e. The van der Waals surface area contributed by atoms with Crippen molar-refractivity contribution in [1.82, 2.24) is 5.16 Å². The molecule has 5 nitrogen and oxygen atoms in total. The molecule has 0 spiro atoms. The third-order valence-electron chi connectivity index (χ3n) is 4.36. The van der Waals surface area contributed by atoms with Crippen molar-refractivity contribution < 1.29 is 14.1 Å². The minimum atomic E-state index is -0.572. The van der Waals surface area contributed by atoms with Crippen molar-refractivity contribution in [3.63, 3.8) is 0 Å². The predicted molar refractivity (Wildman–Crippen MR) is 83.0 cm³/mol. The number of ether oxygens (including phenoxy) is 1. The molecule has 1 aliphatic carbocycles. The van der Waals surface area contributed by atoms with Gasteiger partial charge in [-0.2, -0.15) is 0 Å². The topological polar surface area (TPSA) is 64.4 Å². The molecule has 1 aromatic heterocycles. The van der Waals surface area contributed by atoms with Crippen LogP contribution in [0.25, 0.3) is 0 Å². The molecule has 1 heterocycles. The Balaban J connectivity index is 1.83. The van der Waals surface area contributed by atoms with Crippen molar-refractivity contribution in [3.05, 3.63) is 41.8 Å². The Morgan fingerprint density at radius 2 is 1.95 bits per heavy atom. The van der Waals surface area contributed by atoms with Gasteiger partial charge in [0.25, 0.3) is 0 Å². The van der Waals surface area contributed by atoms with Crippen LogP contribution in [-0.4, -0.2) is 18.2 Å². The molecule has 1 fully saturated rings. The number of rotatable bonds is 4. The summed E-state index contributed by atoms with van der Waals surface area (Å²) in [6, 6.07) is 9.22. The van der Waals surface area contributed by atoms with Crippen molar-refractivity contribution in [3.8, 4) is 5.75 Å². The van der Waals surface area contributed by atoms with Crippen LogP contribution in [-0.2, 0) is 10.2 Å². The maximum atomic E-state index is 12.9. The number of carbonyl (C=O) groups is 1. The van der Waals surface area contributed by atoms with E-state index in [1.807, 2.05) is 37.3 Å². The van der Waals surface area contributed by atoms with E-state index in [2.05, 4.69) is 10.5 Å². The van der Waals surface area contributed by atoms with Gasteiger partial charge in [0, 0.05) is 11.8 Å². The highest BCUT2D eigenvalue weighted by atomic mass is 16.5. The molecule has 1 saturated carbocycles. The molecule has 0 radical (unpaired) electrons. The molecule has 1 aliphatic rings. The third kappa shape index (κ3) is 2.58. The molecular formula is C17H20N2O3. The lowest BCUT2D eigenvalue weighted by atomic mass is 9.81. The first-order valence-corrected chi connectivity index (χ1v) is 7.53. The minimum absolute atomic E-state index is 0.0107. The molecule has 0 unspecified atom stereocenters. The van der Waals surface area contributed by atoms with Crippen molar-refractivity contribution in [2.45, 2.75) is 38.0 Å². The Kier molecular flexibility index (Phi) is 3.88. The van der Waals surface area contributed by atoms with E-state index in [4.69, 9.17) is 9.26 Å². The molecule has 3 rings (SSSR count). The summed E-state index contributed by atoms with van der Waals surface area (Å²) in [5, 5.41) is 7.11. The third-order valence-corrected chi connectivity index (χ3v) is 4.36. The predicted octanol–water partition coefficient (Wildman–Crippen LogP) is 3.44. The first kappa shape index (κ1) is 14.6. The Morgan fingerprint density at radius 3 is 2.50 bits per heavy atom. The highest BCUT2D eigenvalue weighted by Crippen LogP contribution is 2.41. The zero-order valence-corrected chi connectivity index (χ0v) is 12.9. The van der Waals surface area contributed by atoms with Crippen LogP contribution in [0, 0.1) is 6.92 Å². The van der Waals surface area contributed by atoms with Crippen molar-refractivity contribution in [1.29, 1.82) is 0 Å². The summed E-state index contributed by atoms with van der Waals surface area (Å²) >= 11 is 0. The second kappa shape index (κ2) is 5.83. The zero-order valence-electron chi connectivity index (χ0n) is 12.9. The zero-order chi connectivity index (χ0) is 15.6. The fraction of sp³-hybridized carbons (Fsp3) is 0.412. The van der Waals surface area contributed by atoms with E-state index < -0.39 is 5.41 Å². The van der Waals surface area contributed by atoms with Crippen LogP contribution in [0.3, 0.4) is 0 Å². The molecule has 0 aliphatic heterocycles. The van der Waals surface area contributed by atoms with Crippen LogP contribution < -0.4 is 10.1 Å². The molecule has 0 bridgehead atoms. The molecule has 0 saturated heterocycles. The first-order valence-electron chi connectivity index (χ1n) is 7.53. The van der Waals surface area contributed by atoms with Gasteiger partial charge >= 0.3 is 0 Å². The van der Waals surface area contributed by atoms with Crippen LogP contribution in [0.5, 0.6) is 5.75 Å². The van der Waals surface area contributed by atoms with E-state index in [1.54, 1.807) is 7.11 Å². The van der Waals surface area contributed by atoms with Crippen molar-refractivity contribution in [2.24, 2.45) is 0 Å². The molecular weight excluding hydrogens is 280 g/mol. The number of benzene rings is 1. The molecule has 1 amide bonds. The Morgan fingerprint density at radius 1 is 1.27 bits per heavy atom. The lowest BCUT2D eigenvalue weighted by Gasteiger charge is -2.25. The standard InChI is InChI=1S/C17H20N2O3/c1-12-11-15(19-22-12)17(9-3-4-10-17)16(20)18-13-5-7-14(21-2)8-6-13/h5-8,11H,3-4,9-10H2,1-2H3,(H,18,20). The van der Waals surface area contributed by atoms with E-state index in [-0.39, 0.29) is 5.91 Å². The minimum Gasteiger partial charge on any atom is -0.497 e. The van der Waals surface area contributed by atoms with Gasteiger partial charge in [0.05, 0.1) is 18.2 Å². The van der Waals surface area contributed by atoms with E-state index in [0.29, 0.717) is 0 Å². The number of amides is 1. The van der Waals surface area contributed by atoms with Crippen molar-refractivity contribution >= 4 is 11.6 Å². The second-order valence-corrected chi connectivity index (χ2v) is 5.79. The van der Waals surface area contributed by atoms with Gasteiger partial charge in [-0.15, -0.1) is 0 Å². The van der Waals surface area contributed by atoms with E-state index in [0.717, 1.165) is 48.6 Å². The normalized spacial score (nSPS) is 16.5. The summed E-state index contributed by atoms with van der Waals surface area (Å²) in [5.41, 5.74) is 0.934. The van der Waals surface area contributed by atoms with E-state index in [9.17, 15) is 4.79 Å². The number of anilines is 1. The monoisotopic (exact) mass is 300 g/mol. The number of hydrogen-bond donors (Lipinski definition) is 1. The molecule has 1 aromatic carbocycles. The summed E-state index contributed by atoms with van der Waals surface area (Å²) in [4.78, 5) is 12.9. The van der Waals surface area contributed by atoms with Gasteiger partial charge in [0.15, 0.2) is 0 Å². The van der Waals surface area contributed by atoms with Gasteiger partial charge in [-0.05, 0) is 44.0 Å². The van der Waals surface area contributed by atoms with Crippen LogP contribution in [0.15, 0.2) is 34.9 Å². The average Bonchev–Trinajstić information content (AvgIpc) is 3.17. The smallest absolute Gasteiger partial charge is 0.236 e. The molecule has 0 atom stereocenters. The fourth-order valence-corrected chi connectivity index (χ4v) is 3.10. The van der Waals surface area contributed by atoms with Crippen LogP contribution in [0.2, 0.25) is 0 Å². The molecule has 116 valence electrons. The summed E-state index contributed by atoms with van der Waals surface area (Å²) in [6.07, 6.45) is 3.67. The number of carbonyl (C=O) groups excluding carboxylic acids is 1. The summed E-state index contributed by atoms with van der Waals surface area (Å²) in [6.45, 7) is 1.85. The van der Waals surface area contributed by atoms with E-state index in [1.165, 1.54) is 0 Å². The number of nitrogens with one attached hydrogen (secondary N) is 1. The van der Waals surface area contributed by atoms with E-state index >= 15 is 0 Å². The maximum Gasteiger partial charge on any atom is 0.236 e. The van der Waals surface area contributed by atoms with Crippen LogP contribution in [0.1, 0.15) is 37.1 Å². The van der Waals surface area contributed by atoms with Gasteiger partial charge in [0.2, 0.25) is 5.91 Å². The molecule has 1 N–H and O–H groups in total. The van der Waals surface area contributed by atoms with Crippen LogP contribution in [0.4, 0.5) is 5.69 Å². The number of aryl methyl sites for hydroxylation is 1. The second-order valence-electron chi connectivity index (χ2n) is 5.79. The molecule has 5 heteroatoms. The van der Waals surface area contributed by atoms with Crippen LogP contribution >= 0.6 is 0 Å². The highest BCUT2D eigenvalue weighted by molar-refractivity contribution is 5.99. The average molecular weight is 300 g/mol. The lowest BCUT2D eigenvalue weighted by Crippen LogP contribution is -2.38. The highest BCUT2D eigenvalue weighted by Gasteiger charge is 2.45. The van der Waals surface area contributed by atoms with Crippen molar-refractivity contribution in [2.75, 3.05) is 12.4 Å². The quantitative estimate of drug-likeness (QED) is 0.939. The fourth-order valence-electron chi connectivity index (χ4n) is 3.10. The Labute approximate surface area is 129 Å². The number of nitrogens with zero attached hydrogens (tertiary/aromatic N) is 1. The number of methoxy groups -OCH3 is 1. The van der Waals surface area contributed by atoms with Gasteiger partial charge in [0.1, 0.15) is 11.5 Å². The van der Waals surface area contributed by atoms with Gasteiger partial charge < -0.3 is 14.6 Å². The lowest BCUT2D eigenvalue weighted by molar-refractivity contribution is -0.121.